The van der Waals surface area contributed by atoms with E-state index in [1.54, 1.807) is 6.07 Å². The molecule has 0 radical (unpaired) electrons. The quantitative estimate of drug-likeness (QED) is 0.697. The molecular formula is C17H20ClF2NO2. The molecule has 3 nitrogen and oxygen atoms in total. The maximum absolute atomic E-state index is 13.4. The van der Waals surface area contributed by atoms with Crippen molar-refractivity contribution in [1.82, 2.24) is 4.98 Å². The lowest BCUT2D eigenvalue weighted by atomic mass is 9.99. The monoisotopic (exact) mass is 343 g/mol. The van der Waals surface area contributed by atoms with E-state index in [0.29, 0.717) is 17.4 Å². The minimum absolute atomic E-state index is 0.0578. The Morgan fingerprint density at radius 2 is 2.00 bits per heavy atom. The number of methoxy groups -OCH3 is 1. The molecular weight excluding hydrogens is 324 g/mol. The second kappa shape index (κ2) is 7.77. The summed E-state index contributed by atoms with van der Waals surface area (Å²) in [6.45, 7) is 2.11. The van der Waals surface area contributed by atoms with Gasteiger partial charge in [0.1, 0.15) is 10.8 Å². The maximum Gasteiger partial charge on any atom is 0.269 e. The molecule has 2 rings (SSSR count). The number of ether oxygens (including phenoxy) is 1. The lowest BCUT2D eigenvalue weighted by Gasteiger charge is -2.14. The van der Waals surface area contributed by atoms with E-state index < -0.39 is 12.0 Å². The lowest BCUT2D eigenvalue weighted by Crippen LogP contribution is -2.12. The van der Waals surface area contributed by atoms with Crippen molar-refractivity contribution in [2.45, 2.75) is 45.5 Å². The van der Waals surface area contributed by atoms with E-state index in [2.05, 4.69) is 11.9 Å². The van der Waals surface area contributed by atoms with Crippen LogP contribution in [0.2, 0.25) is 5.02 Å². The summed E-state index contributed by atoms with van der Waals surface area (Å²) >= 11 is 6.13. The molecule has 0 aliphatic heterocycles. The zero-order valence-corrected chi connectivity index (χ0v) is 14.0. The first-order chi connectivity index (χ1) is 11.0. The van der Waals surface area contributed by atoms with Crippen LogP contribution in [0, 0.1) is 0 Å². The molecule has 0 saturated carbocycles. The van der Waals surface area contributed by atoms with Crippen LogP contribution in [0.25, 0.3) is 10.9 Å². The average Bonchev–Trinajstić information content (AvgIpc) is 2.53. The molecule has 23 heavy (non-hydrogen) atoms. The van der Waals surface area contributed by atoms with Crippen LogP contribution in [0.4, 0.5) is 8.78 Å². The van der Waals surface area contributed by atoms with Crippen molar-refractivity contribution in [2.75, 3.05) is 7.11 Å². The summed E-state index contributed by atoms with van der Waals surface area (Å²) < 4.78 is 31.9. The molecule has 1 aromatic carbocycles. The van der Waals surface area contributed by atoms with Gasteiger partial charge in [-0.1, -0.05) is 37.8 Å². The number of benzene rings is 1. The van der Waals surface area contributed by atoms with Crippen LogP contribution < -0.4 is 10.3 Å². The molecule has 0 fully saturated rings. The molecule has 0 saturated heterocycles. The van der Waals surface area contributed by atoms with Gasteiger partial charge in [-0.2, -0.15) is 0 Å². The van der Waals surface area contributed by atoms with Crippen molar-refractivity contribution in [3.05, 3.63) is 38.6 Å². The number of rotatable bonds is 7. The number of halogens is 3. The predicted molar refractivity (Wildman–Crippen MR) is 88.9 cm³/mol. The molecule has 6 heteroatoms. The number of H-pyrrole nitrogens is 1. The van der Waals surface area contributed by atoms with Crippen molar-refractivity contribution in [1.29, 1.82) is 0 Å². The first-order valence-corrected chi connectivity index (χ1v) is 8.08. The normalized spacial score (nSPS) is 11.4. The summed E-state index contributed by atoms with van der Waals surface area (Å²) in [5, 5.41) is 0.640. The van der Waals surface area contributed by atoms with Crippen molar-refractivity contribution in [3.63, 3.8) is 0 Å². The third-order valence-corrected chi connectivity index (χ3v) is 4.35. The Morgan fingerprint density at radius 3 is 2.61 bits per heavy atom. The van der Waals surface area contributed by atoms with E-state index >= 15 is 0 Å². The van der Waals surface area contributed by atoms with Crippen molar-refractivity contribution < 1.29 is 13.5 Å². The van der Waals surface area contributed by atoms with Crippen LogP contribution in [0.3, 0.4) is 0 Å². The molecule has 0 unspecified atom stereocenters. The number of unbranched alkanes of at least 4 members (excludes halogenated alkanes) is 3. The summed E-state index contributed by atoms with van der Waals surface area (Å²) in [7, 11) is 1.33. The van der Waals surface area contributed by atoms with E-state index in [-0.39, 0.29) is 21.9 Å². The third-order valence-electron chi connectivity index (χ3n) is 3.95. The van der Waals surface area contributed by atoms with Gasteiger partial charge in [0, 0.05) is 5.39 Å². The average molecular weight is 344 g/mol. The van der Waals surface area contributed by atoms with Gasteiger partial charge >= 0.3 is 0 Å². The molecule has 126 valence electrons. The fourth-order valence-electron chi connectivity index (χ4n) is 2.78. The molecule has 1 heterocycles. The Bertz CT molecular complexity index is 743. The summed E-state index contributed by atoms with van der Waals surface area (Å²) in [5.41, 5.74) is -0.0984. The molecule has 0 spiro atoms. The number of nitrogens with one attached hydrogen (secondary N) is 1. The highest BCUT2D eigenvalue weighted by Crippen LogP contribution is 2.36. The fraction of sp³-hybridized carbons (Fsp3) is 0.471. The molecule has 0 amide bonds. The Balaban J connectivity index is 2.60. The van der Waals surface area contributed by atoms with Gasteiger partial charge in [0.2, 0.25) is 0 Å². The SMILES string of the molecule is CCCCCCc1c(Cl)c(=O)[nH]c2c(C(F)F)c(OC)ccc12. The van der Waals surface area contributed by atoms with Gasteiger partial charge in [0.05, 0.1) is 18.2 Å². The van der Waals surface area contributed by atoms with Crippen LogP contribution >= 0.6 is 11.6 Å². The third kappa shape index (κ3) is 3.66. The Hall–Kier alpha value is -1.62. The Kier molecular flexibility index (Phi) is 5.99. The lowest BCUT2D eigenvalue weighted by molar-refractivity contribution is 0.148. The van der Waals surface area contributed by atoms with Gasteiger partial charge in [-0.25, -0.2) is 8.78 Å². The van der Waals surface area contributed by atoms with E-state index in [9.17, 15) is 13.6 Å². The van der Waals surface area contributed by atoms with Gasteiger partial charge in [0.25, 0.3) is 12.0 Å². The number of alkyl halides is 2. The summed E-state index contributed by atoms with van der Waals surface area (Å²) in [5.74, 6) is 0.0578. The Labute approximate surface area is 138 Å². The minimum atomic E-state index is -2.75. The first kappa shape index (κ1) is 17.7. The minimum Gasteiger partial charge on any atom is -0.496 e. The van der Waals surface area contributed by atoms with Gasteiger partial charge in [-0.15, -0.1) is 0 Å². The second-order valence-corrected chi connectivity index (χ2v) is 5.84. The predicted octanol–water partition coefficient (Wildman–Crippen LogP) is 5.25. The van der Waals surface area contributed by atoms with Gasteiger partial charge in [0.15, 0.2) is 0 Å². The standard InChI is InChI=1S/C17H20ClF2NO2/c1-3-4-5-6-7-10-11-8-9-12(23-2)13(16(19)20)15(11)21-17(22)14(10)18/h8-9,16H,3-7H2,1-2H3,(H,21,22). The van der Waals surface area contributed by atoms with E-state index in [4.69, 9.17) is 16.3 Å². The van der Waals surface area contributed by atoms with E-state index in [0.717, 1.165) is 25.7 Å². The number of hydrogen-bond donors (Lipinski definition) is 1. The van der Waals surface area contributed by atoms with Crippen LogP contribution in [0.5, 0.6) is 5.75 Å². The van der Waals surface area contributed by atoms with Crippen LogP contribution in [-0.4, -0.2) is 12.1 Å². The summed E-state index contributed by atoms with van der Waals surface area (Å²) in [4.78, 5) is 14.5. The smallest absolute Gasteiger partial charge is 0.269 e. The number of aromatic nitrogens is 1. The van der Waals surface area contributed by atoms with Crippen LogP contribution in [0.15, 0.2) is 16.9 Å². The van der Waals surface area contributed by atoms with Gasteiger partial charge < -0.3 is 9.72 Å². The van der Waals surface area contributed by atoms with Crippen molar-refractivity contribution >= 4 is 22.5 Å². The molecule has 0 aliphatic carbocycles. The Morgan fingerprint density at radius 1 is 1.26 bits per heavy atom. The first-order valence-electron chi connectivity index (χ1n) is 7.70. The largest absolute Gasteiger partial charge is 0.496 e. The number of aromatic amines is 1. The number of fused-ring (bicyclic) bond motifs is 1. The molecule has 0 bridgehead atoms. The zero-order valence-electron chi connectivity index (χ0n) is 13.2. The molecule has 1 aromatic heterocycles. The van der Waals surface area contributed by atoms with Gasteiger partial charge in [-0.3, -0.25) is 4.79 Å². The summed E-state index contributed by atoms with van der Waals surface area (Å²) in [6, 6.07) is 3.17. The highest BCUT2D eigenvalue weighted by Gasteiger charge is 2.21. The number of pyridine rings is 1. The topological polar surface area (TPSA) is 42.1 Å². The zero-order chi connectivity index (χ0) is 17.0. The molecule has 0 aliphatic rings. The van der Waals surface area contributed by atoms with Crippen LogP contribution in [0.1, 0.15) is 50.2 Å². The van der Waals surface area contributed by atoms with E-state index in [1.807, 2.05) is 0 Å². The molecule has 1 N–H and O–H groups in total. The highest BCUT2D eigenvalue weighted by atomic mass is 35.5. The van der Waals surface area contributed by atoms with Crippen molar-refractivity contribution in [2.24, 2.45) is 0 Å². The van der Waals surface area contributed by atoms with Crippen molar-refractivity contribution in [3.8, 4) is 5.75 Å². The fourth-order valence-corrected chi connectivity index (χ4v) is 3.02. The van der Waals surface area contributed by atoms with E-state index in [1.165, 1.54) is 13.2 Å². The summed E-state index contributed by atoms with van der Waals surface area (Å²) in [6.07, 6.45) is 1.90. The second-order valence-electron chi connectivity index (χ2n) is 5.46. The van der Waals surface area contributed by atoms with Crippen LogP contribution in [-0.2, 0) is 6.42 Å². The number of aryl methyl sites for hydroxylation is 1. The van der Waals surface area contributed by atoms with Gasteiger partial charge in [-0.05, 0) is 30.5 Å². The molecule has 2 aromatic rings. The highest BCUT2D eigenvalue weighted by molar-refractivity contribution is 6.32. The number of hydrogen-bond acceptors (Lipinski definition) is 2. The maximum atomic E-state index is 13.4. The molecule has 0 atom stereocenters.